The molecule has 6 rings (SSSR count). The van der Waals surface area contributed by atoms with E-state index in [1.54, 1.807) is 0 Å². The first-order valence-corrected chi connectivity index (χ1v) is 13.5. The van der Waals surface area contributed by atoms with Crippen LogP contribution in [0.2, 0.25) is 0 Å². The van der Waals surface area contributed by atoms with Crippen molar-refractivity contribution in [2.45, 2.75) is 45.6 Å². The Labute approximate surface area is 231 Å². The fraction of sp³-hybridized carbons (Fsp3) is 0.226. The van der Waals surface area contributed by atoms with Gasteiger partial charge in [0.05, 0.1) is 5.69 Å². The minimum atomic E-state index is 0.475. The van der Waals surface area contributed by atoms with Gasteiger partial charge >= 0.3 is 0 Å². The predicted molar refractivity (Wildman–Crippen MR) is 152 cm³/mol. The lowest BCUT2D eigenvalue weighted by Gasteiger charge is -2.10. The number of tetrazole rings is 1. The topological polar surface area (TPSA) is 115 Å². The standard InChI is InChI=1S/C31H29N7O2/c1-2-3-13-29-32-25(16-14-21-9-5-4-6-10-21)27(20-39)38(29)19-22-15-17-26-28(18-22)40-31(33-26)24-12-8-7-11-23(24)30-34-36-37-35-30/h4-12,15,17-18,20H,2-3,13-14,16,19H2,1H3,(H,34,35,36,37). The molecule has 3 heterocycles. The Balaban J connectivity index is 1.31. The number of unbranched alkanes of at least 4 members (excludes halogenated alkanes) is 1. The molecular formula is C31H29N7O2. The highest BCUT2D eigenvalue weighted by molar-refractivity contribution is 5.82. The molecule has 0 aliphatic heterocycles. The number of aldehydes is 1. The first-order valence-electron chi connectivity index (χ1n) is 13.5. The van der Waals surface area contributed by atoms with Gasteiger partial charge in [0, 0.05) is 24.1 Å². The van der Waals surface area contributed by atoms with Gasteiger partial charge in [-0.1, -0.05) is 67.9 Å². The fourth-order valence-corrected chi connectivity index (χ4v) is 5.00. The average Bonchev–Trinajstić information content (AvgIpc) is 3.74. The van der Waals surface area contributed by atoms with Crippen molar-refractivity contribution in [1.82, 2.24) is 35.2 Å². The Morgan fingerprint density at radius 3 is 2.50 bits per heavy atom. The smallest absolute Gasteiger partial charge is 0.228 e. The summed E-state index contributed by atoms with van der Waals surface area (Å²) in [6.07, 6.45) is 5.39. The van der Waals surface area contributed by atoms with Crippen molar-refractivity contribution in [3.63, 3.8) is 0 Å². The number of rotatable bonds is 11. The summed E-state index contributed by atoms with van der Waals surface area (Å²) in [5.41, 5.74) is 6.72. The third-order valence-corrected chi connectivity index (χ3v) is 7.06. The van der Waals surface area contributed by atoms with Crippen LogP contribution in [0.3, 0.4) is 0 Å². The van der Waals surface area contributed by atoms with Crippen molar-refractivity contribution < 1.29 is 9.21 Å². The van der Waals surface area contributed by atoms with E-state index in [2.05, 4.69) is 44.2 Å². The second kappa shape index (κ2) is 11.4. The summed E-state index contributed by atoms with van der Waals surface area (Å²) in [6, 6.07) is 24.0. The van der Waals surface area contributed by atoms with Gasteiger partial charge in [0.25, 0.3) is 0 Å². The van der Waals surface area contributed by atoms with Crippen LogP contribution in [0.15, 0.2) is 77.2 Å². The van der Waals surface area contributed by atoms with Crippen molar-refractivity contribution in [3.8, 4) is 22.8 Å². The molecule has 9 nitrogen and oxygen atoms in total. The van der Waals surface area contributed by atoms with E-state index in [1.165, 1.54) is 5.56 Å². The number of aryl methyl sites for hydroxylation is 3. The Morgan fingerprint density at radius 2 is 1.73 bits per heavy atom. The number of aromatic nitrogens is 7. The number of carbonyl (C=O) groups excluding carboxylic acids is 1. The van der Waals surface area contributed by atoms with E-state index in [-0.39, 0.29) is 0 Å². The number of fused-ring (bicyclic) bond motifs is 1. The van der Waals surface area contributed by atoms with Crippen molar-refractivity contribution in [3.05, 3.63) is 101 Å². The van der Waals surface area contributed by atoms with Crippen molar-refractivity contribution in [2.24, 2.45) is 0 Å². The summed E-state index contributed by atoms with van der Waals surface area (Å²) in [5.74, 6) is 1.90. The minimum absolute atomic E-state index is 0.475. The van der Waals surface area contributed by atoms with Crippen LogP contribution in [0.5, 0.6) is 0 Å². The summed E-state index contributed by atoms with van der Waals surface area (Å²) in [4.78, 5) is 22.0. The van der Waals surface area contributed by atoms with Gasteiger partial charge in [0.2, 0.25) is 11.7 Å². The maximum atomic E-state index is 12.3. The van der Waals surface area contributed by atoms with Gasteiger partial charge in [0.1, 0.15) is 17.0 Å². The van der Waals surface area contributed by atoms with E-state index < -0.39 is 0 Å². The molecule has 3 aromatic carbocycles. The molecule has 3 aromatic heterocycles. The van der Waals surface area contributed by atoms with Gasteiger partial charge in [-0.3, -0.25) is 4.79 Å². The number of benzene rings is 3. The first kappa shape index (κ1) is 25.4. The Morgan fingerprint density at radius 1 is 0.900 bits per heavy atom. The molecule has 200 valence electrons. The van der Waals surface area contributed by atoms with Crippen molar-refractivity contribution >= 4 is 17.4 Å². The molecule has 0 aliphatic rings. The first-order chi connectivity index (χ1) is 19.7. The van der Waals surface area contributed by atoms with E-state index in [0.29, 0.717) is 36.0 Å². The zero-order valence-electron chi connectivity index (χ0n) is 22.2. The number of nitrogens with one attached hydrogen (secondary N) is 1. The van der Waals surface area contributed by atoms with Gasteiger partial charge < -0.3 is 8.98 Å². The van der Waals surface area contributed by atoms with Crippen LogP contribution >= 0.6 is 0 Å². The zero-order valence-corrected chi connectivity index (χ0v) is 22.2. The SMILES string of the molecule is CCCCc1nc(CCc2ccccc2)c(C=O)n1Cc1ccc2nc(-c3ccccc3-c3nn[nH]n3)oc2c1. The molecule has 0 saturated carbocycles. The van der Waals surface area contributed by atoms with Crippen LogP contribution in [0, 0.1) is 0 Å². The highest BCUT2D eigenvalue weighted by atomic mass is 16.3. The maximum Gasteiger partial charge on any atom is 0.228 e. The molecule has 0 unspecified atom stereocenters. The monoisotopic (exact) mass is 531 g/mol. The van der Waals surface area contributed by atoms with Crippen LogP contribution in [-0.2, 0) is 25.8 Å². The van der Waals surface area contributed by atoms with Gasteiger partial charge in [0.15, 0.2) is 11.9 Å². The van der Waals surface area contributed by atoms with Crippen LogP contribution in [0.1, 0.15) is 52.9 Å². The normalized spacial score (nSPS) is 11.3. The molecule has 0 radical (unpaired) electrons. The van der Waals surface area contributed by atoms with Gasteiger partial charge in [-0.25, -0.2) is 9.97 Å². The molecule has 0 bridgehead atoms. The van der Waals surface area contributed by atoms with Gasteiger partial charge in [-0.15, -0.1) is 10.2 Å². The molecule has 0 atom stereocenters. The number of H-pyrrole nitrogens is 1. The number of imidazole rings is 1. The van der Waals surface area contributed by atoms with E-state index in [0.717, 1.165) is 65.7 Å². The lowest BCUT2D eigenvalue weighted by molar-refractivity contribution is 0.111. The summed E-state index contributed by atoms with van der Waals surface area (Å²) in [7, 11) is 0. The van der Waals surface area contributed by atoms with Crippen LogP contribution < -0.4 is 0 Å². The number of hydrogen-bond donors (Lipinski definition) is 1. The van der Waals surface area contributed by atoms with Crippen LogP contribution in [0.25, 0.3) is 33.9 Å². The number of oxazole rings is 1. The summed E-state index contributed by atoms with van der Waals surface area (Å²) in [6.45, 7) is 2.69. The molecule has 1 N–H and O–H groups in total. The second-order valence-corrected chi connectivity index (χ2v) is 9.76. The molecule has 0 fully saturated rings. The number of nitrogens with zero attached hydrogens (tertiary/aromatic N) is 6. The van der Waals surface area contributed by atoms with E-state index in [1.807, 2.05) is 60.7 Å². The lowest BCUT2D eigenvalue weighted by atomic mass is 10.1. The third-order valence-electron chi connectivity index (χ3n) is 7.06. The number of aromatic amines is 1. The molecule has 0 amide bonds. The Hall–Kier alpha value is -4.92. The average molecular weight is 532 g/mol. The second-order valence-electron chi connectivity index (χ2n) is 9.76. The van der Waals surface area contributed by atoms with Crippen molar-refractivity contribution in [1.29, 1.82) is 0 Å². The lowest BCUT2D eigenvalue weighted by Crippen LogP contribution is -2.09. The van der Waals surface area contributed by atoms with Crippen LogP contribution in [-0.4, -0.2) is 41.4 Å². The minimum Gasteiger partial charge on any atom is -0.436 e. The summed E-state index contributed by atoms with van der Waals surface area (Å²) >= 11 is 0. The van der Waals surface area contributed by atoms with E-state index >= 15 is 0 Å². The quantitative estimate of drug-likeness (QED) is 0.208. The fourth-order valence-electron chi connectivity index (χ4n) is 5.00. The maximum absolute atomic E-state index is 12.3. The van der Waals surface area contributed by atoms with Gasteiger partial charge in [-0.2, -0.15) is 5.21 Å². The predicted octanol–water partition coefficient (Wildman–Crippen LogP) is 5.86. The molecular weight excluding hydrogens is 502 g/mol. The molecule has 0 spiro atoms. The Kier molecular flexibility index (Phi) is 7.26. The number of hydrogen-bond acceptors (Lipinski definition) is 7. The molecule has 6 aromatic rings. The van der Waals surface area contributed by atoms with E-state index in [4.69, 9.17) is 14.4 Å². The van der Waals surface area contributed by atoms with Crippen LogP contribution in [0.4, 0.5) is 0 Å². The van der Waals surface area contributed by atoms with Gasteiger partial charge in [-0.05, 0) is 53.8 Å². The van der Waals surface area contributed by atoms with Crippen molar-refractivity contribution in [2.75, 3.05) is 0 Å². The Bertz CT molecular complexity index is 1740. The molecule has 9 heteroatoms. The summed E-state index contributed by atoms with van der Waals surface area (Å²) < 4.78 is 8.29. The zero-order chi connectivity index (χ0) is 27.3. The molecule has 40 heavy (non-hydrogen) atoms. The largest absolute Gasteiger partial charge is 0.436 e. The highest BCUT2D eigenvalue weighted by Gasteiger charge is 2.19. The van der Waals surface area contributed by atoms with E-state index in [9.17, 15) is 4.79 Å². The molecule has 0 aliphatic carbocycles. The summed E-state index contributed by atoms with van der Waals surface area (Å²) in [5, 5.41) is 14.4. The number of carbonyl (C=O) groups is 1. The highest BCUT2D eigenvalue weighted by Crippen LogP contribution is 2.32. The third kappa shape index (κ3) is 5.18. The molecule has 0 saturated heterocycles.